The van der Waals surface area contributed by atoms with Gasteiger partial charge in [0, 0.05) is 12.8 Å². The standard InChI is InChI=1S/C16H13F6N3O.CO2/c1-2-14-24-9-11(8-23)25(14)12-4-3-10(5-6-15(17,18)19)7-13(12)26-16(20,21)22;2-1-3/h3-4,7,9H,2,5-6H2,1H3;. The van der Waals surface area contributed by atoms with Crippen molar-refractivity contribution in [1.82, 2.24) is 9.55 Å². The Morgan fingerprint density at radius 1 is 1.17 bits per heavy atom. The Bertz CT molecular complexity index is 907. The molecule has 1 heterocycles. The first-order valence-corrected chi connectivity index (χ1v) is 7.87. The lowest BCUT2D eigenvalue weighted by Gasteiger charge is -2.17. The Morgan fingerprint density at radius 3 is 2.28 bits per heavy atom. The van der Waals surface area contributed by atoms with Crippen LogP contribution in [0.4, 0.5) is 26.3 Å². The first-order chi connectivity index (χ1) is 13.5. The van der Waals surface area contributed by atoms with Crippen LogP contribution in [-0.4, -0.2) is 28.2 Å². The smallest absolute Gasteiger partial charge is 0.404 e. The van der Waals surface area contributed by atoms with Gasteiger partial charge in [-0.3, -0.25) is 4.57 Å². The minimum atomic E-state index is -5.04. The maximum Gasteiger partial charge on any atom is 0.573 e. The molecule has 0 bridgehead atoms. The monoisotopic (exact) mass is 421 g/mol. The third-order valence-corrected chi connectivity index (χ3v) is 3.45. The minimum Gasteiger partial charge on any atom is -0.404 e. The van der Waals surface area contributed by atoms with Gasteiger partial charge in [-0.15, -0.1) is 13.2 Å². The summed E-state index contributed by atoms with van der Waals surface area (Å²) in [6, 6.07) is 5.17. The van der Waals surface area contributed by atoms with Crippen molar-refractivity contribution in [3.63, 3.8) is 0 Å². The zero-order valence-electron chi connectivity index (χ0n) is 14.8. The van der Waals surface area contributed by atoms with Crippen molar-refractivity contribution in [2.75, 3.05) is 0 Å². The molecular formula is C17H13F6N3O3. The summed E-state index contributed by atoms with van der Waals surface area (Å²) in [7, 11) is 0. The molecule has 0 atom stereocenters. The maximum absolute atomic E-state index is 12.7. The van der Waals surface area contributed by atoms with Crippen molar-refractivity contribution in [2.45, 2.75) is 38.7 Å². The van der Waals surface area contributed by atoms with Gasteiger partial charge in [0.25, 0.3) is 0 Å². The molecule has 0 aliphatic carbocycles. The number of carbonyl (C=O) groups excluding carboxylic acids is 2. The molecule has 156 valence electrons. The predicted octanol–water partition coefficient (Wildman–Crippen LogP) is 4.12. The second-order valence-electron chi connectivity index (χ2n) is 5.41. The Labute approximate surface area is 160 Å². The topological polar surface area (TPSA) is 85.0 Å². The fourth-order valence-corrected chi connectivity index (χ4v) is 2.38. The molecule has 1 aromatic carbocycles. The number of ether oxygens (including phenoxy) is 1. The summed E-state index contributed by atoms with van der Waals surface area (Å²) in [4.78, 5) is 20.2. The van der Waals surface area contributed by atoms with Crippen molar-refractivity contribution in [2.24, 2.45) is 0 Å². The number of hydrogen-bond acceptors (Lipinski definition) is 5. The molecule has 0 radical (unpaired) electrons. The van der Waals surface area contributed by atoms with Crippen LogP contribution in [0.15, 0.2) is 24.4 Å². The van der Waals surface area contributed by atoms with Gasteiger partial charge in [-0.2, -0.15) is 28.0 Å². The summed E-state index contributed by atoms with van der Waals surface area (Å²) in [5.74, 6) is -0.377. The molecule has 2 aromatic rings. The van der Waals surface area contributed by atoms with Crippen molar-refractivity contribution in [3.8, 4) is 17.5 Å². The van der Waals surface area contributed by atoms with E-state index in [1.165, 1.54) is 22.9 Å². The number of hydrogen-bond donors (Lipinski definition) is 0. The Morgan fingerprint density at radius 2 is 1.79 bits per heavy atom. The van der Waals surface area contributed by atoms with E-state index >= 15 is 0 Å². The van der Waals surface area contributed by atoms with Crippen LogP contribution in [0.5, 0.6) is 5.75 Å². The molecule has 2 rings (SSSR count). The molecule has 12 heteroatoms. The average molecular weight is 421 g/mol. The number of aryl methyl sites for hydroxylation is 2. The van der Waals surface area contributed by atoms with Gasteiger partial charge in [-0.25, -0.2) is 4.98 Å². The van der Waals surface area contributed by atoms with Crippen LogP contribution in [0, 0.1) is 11.3 Å². The number of aromatic nitrogens is 2. The Balaban J connectivity index is 0.00000132. The highest BCUT2D eigenvalue weighted by Crippen LogP contribution is 2.33. The SMILES string of the molecule is CCc1ncc(C#N)n1-c1ccc(CCC(F)(F)F)cc1OC(F)(F)F.O=C=O. The van der Waals surface area contributed by atoms with E-state index in [1.54, 1.807) is 6.92 Å². The molecule has 0 saturated heterocycles. The number of alkyl halides is 6. The Kier molecular flexibility index (Phi) is 7.97. The van der Waals surface area contributed by atoms with Gasteiger partial charge in [-0.05, 0) is 24.1 Å². The van der Waals surface area contributed by atoms with Crippen LogP contribution in [0.1, 0.15) is 30.4 Å². The van der Waals surface area contributed by atoms with Gasteiger partial charge < -0.3 is 4.74 Å². The largest absolute Gasteiger partial charge is 0.573 e. The molecule has 0 aliphatic heterocycles. The molecule has 0 N–H and O–H groups in total. The first kappa shape index (κ1) is 23.7. The molecule has 0 aliphatic rings. The normalized spacial score (nSPS) is 11.1. The summed E-state index contributed by atoms with van der Waals surface area (Å²) in [6.45, 7) is 1.70. The number of halogens is 6. The van der Waals surface area contributed by atoms with Gasteiger partial charge >= 0.3 is 18.7 Å². The molecule has 0 amide bonds. The third-order valence-electron chi connectivity index (χ3n) is 3.45. The van der Waals surface area contributed by atoms with Crippen LogP contribution in [-0.2, 0) is 22.4 Å². The quantitative estimate of drug-likeness (QED) is 0.679. The molecule has 0 unspecified atom stereocenters. The highest BCUT2D eigenvalue weighted by molar-refractivity contribution is 5.52. The summed E-state index contributed by atoms with van der Waals surface area (Å²) >= 11 is 0. The summed E-state index contributed by atoms with van der Waals surface area (Å²) < 4.78 is 80.5. The van der Waals surface area contributed by atoms with E-state index < -0.39 is 31.1 Å². The van der Waals surface area contributed by atoms with E-state index in [2.05, 4.69) is 9.72 Å². The Hall–Kier alpha value is -3.32. The molecule has 6 nitrogen and oxygen atoms in total. The van der Waals surface area contributed by atoms with Gasteiger partial charge in [0.05, 0.1) is 11.9 Å². The third kappa shape index (κ3) is 7.31. The molecule has 1 aromatic heterocycles. The zero-order chi connectivity index (χ0) is 22.2. The van der Waals surface area contributed by atoms with Crippen LogP contribution in [0.3, 0.4) is 0 Å². The minimum absolute atomic E-state index is 0.0167. The van der Waals surface area contributed by atoms with E-state index in [-0.39, 0.29) is 23.1 Å². The van der Waals surface area contributed by atoms with Crippen LogP contribution in [0.2, 0.25) is 0 Å². The number of imidazole rings is 1. The van der Waals surface area contributed by atoms with Crippen LogP contribution in [0.25, 0.3) is 5.69 Å². The summed E-state index contributed by atoms with van der Waals surface area (Å²) in [5.41, 5.74) is -0.108. The lowest BCUT2D eigenvalue weighted by atomic mass is 10.1. The maximum atomic E-state index is 12.7. The van der Waals surface area contributed by atoms with E-state index in [0.29, 0.717) is 12.2 Å². The zero-order valence-corrected chi connectivity index (χ0v) is 14.8. The van der Waals surface area contributed by atoms with Crippen molar-refractivity contribution in [3.05, 3.63) is 41.5 Å². The second-order valence-corrected chi connectivity index (χ2v) is 5.41. The van der Waals surface area contributed by atoms with E-state index in [1.807, 2.05) is 6.07 Å². The van der Waals surface area contributed by atoms with Crippen molar-refractivity contribution >= 4 is 6.15 Å². The molecule has 0 saturated carbocycles. The second kappa shape index (κ2) is 9.75. The molecule has 0 fully saturated rings. The fraction of sp³-hybridized carbons (Fsp3) is 0.353. The van der Waals surface area contributed by atoms with E-state index in [4.69, 9.17) is 14.9 Å². The van der Waals surface area contributed by atoms with Gasteiger partial charge in [0.15, 0.2) is 5.75 Å². The highest BCUT2D eigenvalue weighted by atomic mass is 19.4. The lowest BCUT2D eigenvalue weighted by Crippen LogP contribution is -2.19. The fourth-order valence-electron chi connectivity index (χ4n) is 2.38. The van der Waals surface area contributed by atoms with Crippen LogP contribution < -0.4 is 4.74 Å². The average Bonchev–Trinajstić information content (AvgIpc) is 3.01. The molecular weight excluding hydrogens is 408 g/mol. The first-order valence-electron chi connectivity index (χ1n) is 7.87. The van der Waals surface area contributed by atoms with E-state index in [9.17, 15) is 26.3 Å². The molecule has 0 spiro atoms. The predicted molar refractivity (Wildman–Crippen MR) is 83.7 cm³/mol. The van der Waals surface area contributed by atoms with Crippen molar-refractivity contribution in [1.29, 1.82) is 5.26 Å². The van der Waals surface area contributed by atoms with Gasteiger partial charge in [-0.1, -0.05) is 13.0 Å². The molecule has 29 heavy (non-hydrogen) atoms. The highest BCUT2D eigenvalue weighted by Gasteiger charge is 2.33. The summed E-state index contributed by atoms with van der Waals surface area (Å²) in [5, 5.41) is 9.14. The number of rotatable bonds is 5. The number of benzene rings is 1. The van der Waals surface area contributed by atoms with E-state index in [0.717, 1.165) is 6.07 Å². The summed E-state index contributed by atoms with van der Waals surface area (Å²) in [6.07, 6.45) is -9.37. The van der Waals surface area contributed by atoms with Gasteiger partial charge in [0.2, 0.25) is 0 Å². The van der Waals surface area contributed by atoms with Crippen LogP contribution >= 0.6 is 0 Å². The number of nitriles is 1. The van der Waals surface area contributed by atoms with Gasteiger partial charge in [0.1, 0.15) is 17.6 Å². The number of nitrogens with zero attached hydrogens (tertiary/aromatic N) is 3. The lowest BCUT2D eigenvalue weighted by molar-refractivity contribution is -0.274. The van der Waals surface area contributed by atoms with Crippen molar-refractivity contribution < 1.29 is 40.7 Å².